The fourth-order valence-corrected chi connectivity index (χ4v) is 3.49. The number of para-hydroxylation sites is 1. The van der Waals surface area contributed by atoms with Gasteiger partial charge in [0, 0.05) is 43.7 Å². The fourth-order valence-electron chi connectivity index (χ4n) is 3.49. The highest BCUT2D eigenvalue weighted by Crippen LogP contribution is 2.22. The maximum absolute atomic E-state index is 4.54. The summed E-state index contributed by atoms with van der Waals surface area (Å²) in [5, 5.41) is 17.2. The molecule has 0 spiro atoms. The molecule has 0 saturated carbocycles. The van der Waals surface area contributed by atoms with Gasteiger partial charge in [0.15, 0.2) is 5.65 Å². The fraction of sp³-hybridized carbons (Fsp3) is 0.263. The van der Waals surface area contributed by atoms with E-state index in [4.69, 9.17) is 0 Å². The number of rotatable bonds is 5. The molecule has 0 bridgehead atoms. The summed E-state index contributed by atoms with van der Waals surface area (Å²) in [4.78, 5) is 6.71. The molecule has 1 saturated heterocycles. The zero-order chi connectivity index (χ0) is 17.3. The third-order valence-corrected chi connectivity index (χ3v) is 4.92. The number of aromatic nitrogens is 5. The predicted molar refractivity (Wildman–Crippen MR) is 99.9 cm³/mol. The molecule has 1 fully saturated rings. The van der Waals surface area contributed by atoms with E-state index in [1.807, 2.05) is 24.4 Å². The molecule has 0 atom stereocenters. The maximum Gasteiger partial charge on any atom is 0.177 e. The Morgan fingerprint density at radius 1 is 1.08 bits per heavy atom. The van der Waals surface area contributed by atoms with Crippen LogP contribution >= 0.6 is 0 Å². The highest BCUT2D eigenvalue weighted by molar-refractivity contribution is 5.81. The molecular formula is C19H19N7. The van der Waals surface area contributed by atoms with Crippen LogP contribution in [0.1, 0.15) is 5.56 Å². The van der Waals surface area contributed by atoms with Crippen LogP contribution in [0.25, 0.3) is 16.6 Å². The summed E-state index contributed by atoms with van der Waals surface area (Å²) in [5.74, 6) is 1.62. The molecule has 3 aromatic heterocycles. The first-order valence-corrected chi connectivity index (χ1v) is 8.82. The minimum absolute atomic E-state index is 0.640. The Kier molecular flexibility index (Phi) is 3.71. The Morgan fingerprint density at radius 3 is 2.96 bits per heavy atom. The molecule has 5 rings (SSSR count). The normalized spacial score (nSPS) is 14.8. The standard InChI is InChI=1S/C19H19N7/c1-2-4-17-16(3-1)15(7-8-21-17)10-20-9-14-11-25(12-14)19-6-5-18-23-22-13-26(18)24-19/h1-8,13-14,20H,9-12H2. The van der Waals surface area contributed by atoms with Crippen LogP contribution in [0.3, 0.4) is 0 Å². The number of anilines is 1. The van der Waals surface area contributed by atoms with Crippen molar-refractivity contribution in [3.8, 4) is 0 Å². The van der Waals surface area contributed by atoms with Crippen LogP contribution in [-0.4, -0.2) is 44.4 Å². The van der Waals surface area contributed by atoms with E-state index in [0.29, 0.717) is 5.92 Å². The Bertz CT molecular complexity index is 1050. The molecular weight excluding hydrogens is 326 g/mol. The van der Waals surface area contributed by atoms with Crippen molar-refractivity contribution in [3.05, 3.63) is 60.6 Å². The minimum atomic E-state index is 0.640. The summed E-state index contributed by atoms with van der Waals surface area (Å²) in [6.07, 6.45) is 3.52. The van der Waals surface area contributed by atoms with Gasteiger partial charge in [-0.15, -0.1) is 15.3 Å². The molecule has 1 aliphatic heterocycles. The molecule has 1 aliphatic rings. The van der Waals surface area contributed by atoms with Crippen molar-refractivity contribution in [1.29, 1.82) is 0 Å². The second kappa shape index (κ2) is 6.34. The minimum Gasteiger partial charge on any atom is -0.354 e. The van der Waals surface area contributed by atoms with Gasteiger partial charge >= 0.3 is 0 Å². The van der Waals surface area contributed by atoms with Gasteiger partial charge in [0.2, 0.25) is 0 Å². The van der Waals surface area contributed by atoms with E-state index in [9.17, 15) is 0 Å². The first kappa shape index (κ1) is 15.2. The molecule has 26 heavy (non-hydrogen) atoms. The molecule has 4 heterocycles. The summed E-state index contributed by atoms with van der Waals surface area (Å²) >= 11 is 0. The second-order valence-corrected chi connectivity index (χ2v) is 6.71. The highest BCUT2D eigenvalue weighted by atomic mass is 15.4. The molecule has 0 amide bonds. The molecule has 0 aliphatic carbocycles. The van der Waals surface area contributed by atoms with Gasteiger partial charge in [0.05, 0.1) is 5.52 Å². The molecule has 0 unspecified atom stereocenters. The topological polar surface area (TPSA) is 71.2 Å². The Balaban J connectivity index is 1.16. The quantitative estimate of drug-likeness (QED) is 0.596. The molecule has 7 heteroatoms. The van der Waals surface area contributed by atoms with E-state index in [0.717, 1.165) is 43.2 Å². The first-order chi connectivity index (χ1) is 12.9. The summed E-state index contributed by atoms with van der Waals surface area (Å²) in [7, 11) is 0. The zero-order valence-electron chi connectivity index (χ0n) is 14.3. The maximum atomic E-state index is 4.54. The Hall–Kier alpha value is -3.06. The SMILES string of the molecule is c1ccc2c(CNCC3CN(c4ccc5nncn5n4)C3)ccnc2c1. The Labute approximate surface area is 150 Å². The summed E-state index contributed by atoms with van der Waals surface area (Å²) in [5.41, 5.74) is 3.13. The van der Waals surface area contributed by atoms with Crippen molar-refractivity contribution < 1.29 is 0 Å². The Morgan fingerprint density at radius 2 is 2.00 bits per heavy atom. The van der Waals surface area contributed by atoms with Crippen LogP contribution in [0.2, 0.25) is 0 Å². The van der Waals surface area contributed by atoms with Crippen molar-refractivity contribution in [2.45, 2.75) is 6.54 Å². The van der Waals surface area contributed by atoms with Gasteiger partial charge in [-0.25, -0.2) is 0 Å². The van der Waals surface area contributed by atoms with Crippen molar-refractivity contribution in [2.24, 2.45) is 5.92 Å². The monoisotopic (exact) mass is 345 g/mol. The molecule has 4 aromatic rings. The third-order valence-electron chi connectivity index (χ3n) is 4.92. The summed E-state index contributed by atoms with van der Waals surface area (Å²) < 4.78 is 1.72. The average Bonchev–Trinajstić information content (AvgIpc) is 3.11. The zero-order valence-corrected chi connectivity index (χ0v) is 14.3. The van der Waals surface area contributed by atoms with E-state index in [1.165, 1.54) is 10.9 Å². The molecule has 1 N–H and O–H groups in total. The van der Waals surface area contributed by atoms with Gasteiger partial charge < -0.3 is 10.2 Å². The number of nitrogens with zero attached hydrogens (tertiary/aromatic N) is 6. The number of nitrogens with one attached hydrogen (secondary N) is 1. The second-order valence-electron chi connectivity index (χ2n) is 6.71. The lowest BCUT2D eigenvalue weighted by Gasteiger charge is -2.40. The van der Waals surface area contributed by atoms with Gasteiger partial charge in [0.25, 0.3) is 0 Å². The molecule has 0 radical (unpaired) electrons. The lowest BCUT2D eigenvalue weighted by Crippen LogP contribution is -2.51. The smallest absolute Gasteiger partial charge is 0.177 e. The number of hydrogen-bond acceptors (Lipinski definition) is 6. The number of fused-ring (bicyclic) bond motifs is 2. The molecule has 1 aromatic carbocycles. The van der Waals surface area contributed by atoms with Crippen LogP contribution in [-0.2, 0) is 6.54 Å². The van der Waals surface area contributed by atoms with Crippen molar-refractivity contribution in [2.75, 3.05) is 24.5 Å². The van der Waals surface area contributed by atoms with Crippen molar-refractivity contribution in [3.63, 3.8) is 0 Å². The van der Waals surface area contributed by atoms with Crippen LogP contribution in [0.4, 0.5) is 5.82 Å². The van der Waals surface area contributed by atoms with E-state index in [-0.39, 0.29) is 0 Å². The highest BCUT2D eigenvalue weighted by Gasteiger charge is 2.27. The summed E-state index contributed by atoms with van der Waals surface area (Å²) in [6, 6.07) is 14.4. The number of benzene rings is 1. The van der Waals surface area contributed by atoms with Crippen LogP contribution in [0.15, 0.2) is 55.0 Å². The summed E-state index contributed by atoms with van der Waals surface area (Å²) in [6.45, 7) is 3.90. The van der Waals surface area contributed by atoms with Crippen molar-refractivity contribution in [1.82, 2.24) is 30.1 Å². The van der Waals surface area contributed by atoms with E-state index < -0.39 is 0 Å². The average molecular weight is 345 g/mol. The van der Waals surface area contributed by atoms with Crippen molar-refractivity contribution >= 4 is 22.4 Å². The van der Waals surface area contributed by atoms with Crippen LogP contribution in [0, 0.1) is 5.92 Å². The van der Waals surface area contributed by atoms with Gasteiger partial charge in [-0.2, -0.15) is 4.52 Å². The third kappa shape index (κ3) is 2.76. The first-order valence-electron chi connectivity index (χ1n) is 8.82. The van der Waals surface area contributed by atoms with Gasteiger partial charge in [-0.1, -0.05) is 18.2 Å². The van der Waals surface area contributed by atoms with E-state index in [2.05, 4.69) is 54.8 Å². The lowest BCUT2D eigenvalue weighted by atomic mass is 10.00. The van der Waals surface area contributed by atoms with Gasteiger partial charge in [-0.05, 0) is 29.8 Å². The predicted octanol–water partition coefficient (Wildman–Crippen LogP) is 1.90. The lowest BCUT2D eigenvalue weighted by molar-refractivity contribution is 0.381. The van der Waals surface area contributed by atoms with Crippen LogP contribution in [0.5, 0.6) is 0 Å². The molecule has 7 nitrogen and oxygen atoms in total. The number of hydrogen-bond donors (Lipinski definition) is 1. The van der Waals surface area contributed by atoms with E-state index in [1.54, 1.807) is 10.8 Å². The van der Waals surface area contributed by atoms with Crippen LogP contribution < -0.4 is 10.2 Å². The van der Waals surface area contributed by atoms with Gasteiger partial charge in [0.1, 0.15) is 12.1 Å². The van der Waals surface area contributed by atoms with Gasteiger partial charge in [-0.3, -0.25) is 4.98 Å². The number of pyridine rings is 1. The van der Waals surface area contributed by atoms with E-state index >= 15 is 0 Å². The molecule has 130 valence electrons. The largest absolute Gasteiger partial charge is 0.354 e.